The number of rotatable bonds is 4. The Bertz CT molecular complexity index is 825. The van der Waals surface area contributed by atoms with Gasteiger partial charge in [-0.2, -0.15) is 4.31 Å². The summed E-state index contributed by atoms with van der Waals surface area (Å²) < 4.78 is 27.0. The van der Waals surface area contributed by atoms with Crippen LogP contribution in [0.2, 0.25) is 0 Å². The highest BCUT2D eigenvalue weighted by Crippen LogP contribution is 2.19. The molecule has 0 radical (unpaired) electrons. The molecule has 5 nitrogen and oxygen atoms in total. The van der Waals surface area contributed by atoms with Gasteiger partial charge < -0.3 is 4.90 Å². The highest BCUT2D eigenvalue weighted by Gasteiger charge is 2.30. The van der Waals surface area contributed by atoms with E-state index in [0.29, 0.717) is 36.6 Å². The van der Waals surface area contributed by atoms with Crippen LogP contribution in [0.4, 0.5) is 0 Å². The van der Waals surface area contributed by atoms with Crippen LogP contribution >= 0.6 is 0 Å². The third kappa shape index (κ3) is 3.75. The Morgan fingerprint density at radius 1 is 0.920 bits per heavy atom. The molecule has 132 valence electrons. The van der Waals surface area contributed by atoms with Crippen LogP contribution in [0.25, 0.3) is 0 Å². The van der Waals surface area contributed by atoms with Gasteiger partial charge in [0.15, 0.2) is 0 Å². The smallest absolute Gasteiger partial charge is 0.253 e. The lowest BCUT2D eigenvalue weighted by Gasteiger charge is -2.34. The lowest BCUT2D eigenvalue weighted by atomic mass is 10.2. The third-order valence-electron chi connectivity index (χ3n) is 4.52. The Balaban J connectivity index is 1.67. The van der Waals surface area contributed by atoms with Crippen molar-refractivity contribution in [1.82, 2.24) is 9.21 Å². The molecular weight excluding hydrogens is 336 g/mol. The number of benzene rings is 2. The molecule has 0 saturated carbocycles. The van der Waals surface area contributed by atoms with Crippen LogP contribution in [0.15, 0.2) is 59.5 Å². The van der Waals surface area contributed by atoms with Gasteiger partial charge in [0.05, 0.1) is 4.90 Å². The molecule has 0 aromatic heterocycles. The predicted molar refractivity (Wildman–Crippen MR) is 96.9 cm³/mol. The molecule has 0 unspecified atom stereocenters. The van der Waals surface area contributed by atoms with E-state index in [2.05, 4.69) is 0 Å². The number of sulfonamides is 1. The zero-order chi connectivity index (χ0) is 17.9. The van der Waals surface area contributed by atoms with Gasteiger partial charge in [0.25, 0.3) is 5.91 Å². The van der Waals surface area contributed by atoms with Crippen molar-refractivity contribution in [2.75, 3.05) is 26.2 Å². The van der Waals surface area contributed by atoms with Crippen molar-refractivity contribution in [1.29, 1.82) is 0 Å². The molecule has 1 heterocycles. The summed E-state index contributed by atoms with van der Waals surface area (Å²) >= 11 is 0. The Kier molecular flexibility index (Phi) is 5.20. The normalized spacial score (nSPS) is 16.0. The molecule has 0 aliphatic carbocycles. The fourth-order valence-electron chi connectivity index (χ4n) is 2.94. The number of hydrogen-bond donors (Lipinski definition) is 0. The number of piperazine rings is 1. The van der Waals surface area contributed by atoms with Crippen molar-refractivity contribution < 1.29 is 13.2 Å². The van der Waals surface area contributed by atoms with Gasteiger partial charge in [-0.25, -0.2) is 8.42 Å². The van der Waals surface area contributed by atoms with Crippen molar-refractivity contribution in [2.45, 2.75) is 18.2 Å². The molecule has 1 aliphatic heterocycles. The zero-order valence-corrected chi connectivity index (χ0v) is 15.1. The predicted octanol–water partition coefficient (Wildman–Crippen LogP) is 2.40. The molecular formula is C19H22N2O3S. The monoisotopic (exact) mass is 358 g/mol. The van der Waals surface area contributed by atoms with Crippen molar-refractivity contribution >= 4 is 15.9 Å². The first-order chi connectivity index (χ1) is 12.0. The molecule has 1 fully saturated rings. The lowest BCUT2D eigenvalue weighted by Crippen LogP contribution is -2.50. The van der Waals surface area contributed by atoms with Crippen molar-refractivity contribution in [3.63, 3.8) is 0 Å². The van der Waals surface area contributed by atoms with Crippen LogP contribution in [-0.2, 0) is 16.4 Å². The Labute approximate surface area is 148 Å². The summed E-state index contributed by atoms with van der Waals surface area (Å²) in [7, 11) is -3.51. The van der Waals surface area contributed by atoms with Crippen molar-refractivity contribution in [3.8, 4) is 0 Å². The SMILES string of the molecule is CCc1ccc(S(=O)(=O)N2CCN(C(=O)c3ccccc3)CC2)cc1. The highest BCUT2D eigenvalue weighted by molar-refractivity contribution is 7.89. The number of carbonyl (C=O) groups excluding carboxylic acids is 1. The van der Waals surface area contributed by atoms with Gasteiger partial charge in [-0.15, -0.1) is 0 Å². The van der Waals surface area contributed by atoms with Crippen LogP contribution < -0.4 is 0 Å². The number of hydrogen-bond acceptors (Lipinski definition) is 3. The molecule has 25 heavy (non-hydrogen) atoms. The topological polar surface area (TPSA) is 57.7 Å². The summed E-state index contributed by atoms with van der Waals surface area (Å²) in [6, 6.07) is 16.1. The van der Waals surface area contributed by atoms with E-state index in [1.54, 1.807) is 29.2 Å². The minimum absolute atomic E-state index is 0.0510. The van der Waals surface area contributed by atoms with E-state index in [4.69, 9.17) is 0 Å². The second kappa shape index (κ2) is 7.37. The van der Waals surface area contributed by atoms with Gasteiger partial charge in [0, 0.05) is 31.7 Å². The van der Waals surface area contributed by atoms with E-state index in [-0.39, 0.29) is 5.91 Å². The largest absolute Gasteiger partial charge is 0.336 e. The molecule has 1 amide bonds. The van der Waals surface area contributed by atoms with Crippen molar-refractivity contribution in [2.24, 2.45) is 0 Å². The van der Waals surface area contributed by atoms with Gasteiger partial charge in [-0.1, -0.05) is 37.3 Å². The van der Waals surface area contributed by atoms with E-state index in [1.807, 2.05) is 37.3 Å². The van der Waals surface area contributed by atoms with Gasteiger partial charge in [-0.05, 0) is 36.2 Å². The van der Waals surface area contributed by atoms with Crippen LogP contribution in [0.5, 0.6) is 0 Å². The van der Waals surface area contributed by atoms with Crippen molar-refractivity contribution in [3.05, 3.63) is 65.7 Å². The van der Waals surface area contributed by atoms with Gasteiger partial charge >= 0.3 is 0 Å². The molecule has 3 rings (SSSR count). The van der Waals surface area contributed by atoms with Crippen LogP contribution in [0.3, 0.4) is 0 Å². The summed E-state index contributed by atoms with van der Waals surface area (Å²) in [5.41, 5.74) is 1.74. The first-order valence-electron chi connectivity index (χ1n) is 8.46. The maximum Gasteiger partial charge on any atom is 0.253 e. The van der Waals surface area contributed by atoms with Gasteiger partial charge in [0.1, 0.15) is 0 Å². The lowest BCUT2D eigenvalue weighted by molar-refractivity contribution is 0.0698. The fraction of sp³-hybridized carbons (Fsp3) is 0.316. The minimum Gasteiger partial charge on any atom is -0.336 e. The second-order valence-electron chi connectivity index (χ2n) is 6.06. The van der Waals surface area contributed by atoms with E-state index in [9.17, 15) is 13.2 Å². The zero-order valence-electron chi connectivity index (χ0n) is 14.3. The van der Waals surface area contributed by atoms with E-state index < -0.39 is 10.0 Å². The maximum atomic E-state index is 12.8. The molecule has 0 spiro atoms. The molecule has 1 aliphatic rings. The average Bonchev–Trinajstić information content (AvgIpc) is 2.68. The molecule has 2 aromatic rings. The maximum absolute atomic E-state index is 12.8. The van der Waals surface area contributed by atoms with E-state index >= 15 is 0 Å². The number of carbonyl (C=O) groups is 1. The van der Waals surface area contributed by atoms with Gasteiger partial charge in [-0.3, -0.25) is 4.79 Å². The number of aryl methyl sites for hydroxylation is 1. The fourth-order valence-corrected chi connectivity index (χ4v) is 4.36. The van der Waals surface area contributed by atoms with Crippen LogP contribution in [-0.4, -0.2) is 49.7 Å². The minimum atomic E-state index is -3.51. The van der Waals surface area contributed by atoms with Crippen LogP contribution in [0, 0.1) is 0 Å². The molecule has 0 bridgehead atoms. The third-order valence-corrected chi connectivity index (χ3v) is 6.43. The first kappa shape index (κ1) is 17.6. The Morgan fingerprint density at radius 3 is 2.08 bits per heavy atom. The molecule has 2 aromatic carbocycles. The summed E-state index contributed by atoms with van der Waals surface area (Å²) in [5, 5.41) is 0. The van der Waals surface area contributed by atoms with E-state index in [1.165, 1.54) is 4.31 Å². The first-order valence-corrected chi connectivity index (χ1v) is 9.90. The van der Waals surface area contributed by atoms with Crippen LogP contribution in [0.1, 0.15) is 22.8 Å². The summed E-state index contributed by atoms with van der Waals surface area (Å²) in [5.74, 6) is -0.0510. The number of nitrogens with zero attached hydrogens (tertiary/aromatic N) is 2. The summed E-state index contributed by atoms with van der Waals surface area (Å²) in [6.45, 7) is 3.47. The quantitative estimate of drug-likeness (QED) is 0.843. The molecule has 0 N–H and O–H groups in total. The molecule has 1 saturated heterocycles. The Morgan fingerprint density at radius 2 is 1.52 bits per heavy atom. The Hall–Kier alpha value is -2.18. The summed E-state index contributed by atoms with van der Waals surface area (Å²) in [6.07, 6.45) is 0.876. The molecule has 0 atom stereocenters. The molecule has 6 heteroatoms. The highest BCUT2D eigenvalue weighted by atomic mass is 32.2. The second-order valence-corrected chi connectivity index (χ2v) is 8.00. The number of amides is 1. The van der Waals surface area contributed by atoms with Gasteiger partial charge in [0.2, 0.25) is 10.0 Å². The standard InChI is InChI=1S/C19H22N2O3S/c1-2-16-8-10-18(11-9-16)25(23,24)21-14-12-20(13-15-21)19(22)17-6-4-3-5-7-17/h3-11H,2,12-15H2,1H3. The summed E-state index contributed by atoms with van der Waals surface area (Å²) in [4.78, 5) is 14.5. The van der Waals surface area contributed by atoms with E-state index in [0.717, 1.165) is 12.0 Å². The average molecular weight is 358 g/mol.